The van der Waals surface area contributed by atoms with Crippen LogP contribution in [0.2, 0.25) is 0 Å². The van der Waals surface area contributed by atoms with Crippen LogP contribution >= 0.6 is 0 Å². The highest BCUT2D eigenvalue weighted by Crippen LogP contribution is 2.46. The lowest BCUT2D eigenvalue weighted by molar-refractivity contribution is -0.153. The Morgan fingerprint density at radius 3 is 2.67 bits per heavy atom. The zero-order valence-electron chi connectivity index (χ0n) is 20.1. The van der Waals surface area contributed by atoms with Crippen molar-refractivity contribution in [3.8, 4) is 5.69 Å². The monoisotopic (exact) mass is 501 g/mol. The first-order chi connectivity index (χ1) is 17.1. The van der Waals surface area contributed by atoms with Gasteiger partial charge in [0.15, 0.2) is 23.6 Å². The van der Waals surface area contributed by atoms with Gasteiger partial charge >= 0.3 is 5.97 Å². The average molecular weight is 502 g/mol. The smallest absolute Gasteiger partial charge is 0.332 e. The third kappa shape index (κ3) is 3.84. The minimum atomic E-state index is -1.04. The summed E-state index contributed by atoms with van der Waals surface area (Å²) in [6.07, 6.45) is 1.28. The number of nitrogens with zero attached hydrogens (tertiary/aromatic N) is 2. The summed E-state index contributed by atoms with van der Waals surface area (Å²) in [6.45, 7) is 4.19. The van der Waals surface area contributed by atoms with Crippen molar-refractivity contribution in [1.29, 1.82) is 0 Å². The van der Waals surface area contributed by atoms with Crippen LogP contribution in [0.25, 0.3) is 27.5 Å². The van der Waals surface area contributed by atoms with E-state index in [1.54, 1.807) is 17.7 Å². The fourth-order valence-corrected chi connectivity index (χ4v) is 5.39. The van der Waals surface area contributed by atoms with E-state index in [0.29, 0.717) is 39.7 Å². The zero-order chi connectivity index (χ0) is 25.8. The number of aromatic nitrogens is 3. The molecule has 4 aromatic rings. The third-order valence-electron chi connectivity index (χ3n) is 6.91. The zero-order valence-corrected chi connectivity index (χ0v) is 20.1. The number of H-pyrrole nitrogens is 1. The molecule has 10 heteroatoms. The molecule has 0 bridgehead atoms. The van der Waals surface area contributed by atoms with Crippen molar-refractivity contribution in [2.75, 3.05) is 20.3 Å². The minimum Gasteiger partial charge on any atom is -0.479 e. The van der Waals surface area contributed by atoms with Gasteiger partial charge < -0.3 is 19.1 Å². The van der Waals surface area contributed by atoms with Crippen molar-refractivity contribution in [3.05, 3.63) is 59.2 Å². The van der Waals surface area contributed by atoms with Crippen LogP contribution in [0.15, 0.2) is 30.5 Å². The lowest BCUT2D eigenvalue weighted by Gasteiger charge is -2.32. The van der Waals surface area contributed by atoms with E-state index >= 15 is 4.39 Å². The molecule has 1 unspecified atom stereocenters. The number of hydrogen-bond donors (Lipinski definition) is 2. The van der Waals surface area contributed by atoms with Gasteiger partial charge in [0.1, 0.15) is 5.52 Å². The van der Waals surface area contributed by atoms with Crippen LogP contribution in [0.3, 0.4) is 0 Å². The lowest BCUT2D eigenvalue weighted by Crippen LogP contribution is -2.33. The molecule has 36 heavy (non-hydrogen) atoms. The number of nitrogens with one attached hydrogen (secondary N) is 1. The molecule has 3 heterocycles. The van der Waals surface area contributed by atoms with Gasteiger partial charge in [-0.3, -0.25) is 5.10 Å². The van der Waals surface area contributed by atoms with Gasteiger partial charge in [-0.2, -0.15) is 5.10 Å². The number of ether oxygens (including phenoxy) is 2. The number of carboxylic acids is 1. The summed E-state index contributed by atoms with van der Waals surface area (Å²) in [6, 6.07) is 5.33. The Hall–Kier alpha value is -3.37. The van der Waals surface area contributed by atoms with Gasteiger partial charge in [0.2, 0.25) is 0 Å². The Labute approximate surface area is 204 Å². The van der Waals surface area contributed by atoms with Crippen LogP contribution in [-0.2, 0) is 19.7 Å². The summed E-state index contributed by atoms with van der Waals surface area (Å²) < 4.78 is 57.4. The maximum atomic E-state index is 16.2. The molecule has 0 aliphatic carbocycles. The number of carbonyl (C=O) groups is 1. The Balaban J connectivity index is 1.87. The molecule has 2 atom stereocenters. The van der Waals surface area contributed by atoms with E-state index in [4.69, 9.17) is 9.47 Å². The predicted molar refractivity (Wildman–Crippen MR) is 127 cm³/mol. The van der Waals surface area contributed by atoms with Crippen molar-refractivity contribution in [2.24, 2.45) is 0 Å². The number of benzene rings is 2. The fraction of sp³-hybridized carbons (Fsp3) is 0.385. The Morgan fingerprint density at radius 1 is 1.25 bits per heavy atom. The van der Waals surface area contributed by atoms with E-state index in [1.807, 2.05) is 13.8 Å². The fourth-order valence-electron chi connectivity index (χ4n) is 5.39. The maximum absolute atomic E-state index is 16.2. The topological polar surface area (TPSA) is 89.4 Å². The average Bonchev–Trinajstić information content (AvgIpc) is 3.45. The third-order valence-corrected chi connectivity index (χ3v) is 6.91. The standard InChI is InChI=1S/C26H26F3N3O4/c1-26(2,12-35-3)24-20(13-4-7-19(25(33)34)36-11-13)21-18(8-14-10-30-31-23(14)22(21)29)32(24)15-5-6-16(27)17(28)9-15/h5-6,8-10,13,19H,4,7,11-12H2,1-3H3,(H,30,31)(H,33,34)/t13-,19?/m0/s1. The molecule has 1 fully saturated rings. The summed E-state index contributed by atoms with van der Waals surface area (Å²) in [4.78, 5) is 11.5. The number of fused-ring (bicyclic) bond motifs is 2. The first-order valence-electron chi connectivity index (χ1n) is 11.6. The molecule has 1 aliphatic rings. The molecular weight excluding hydrogens is 475 g/mol. The molecule has 0 radical (unpaired) electrons. The Morgan fingerprint density at radius 2 is 2.03 bits per heavy atom. The van der Waals surface area contributed by atoms with Crippen molar-refractivity contribution in [1.82, 2.24) is 14.8 Å². The second-order valence-corrected chi connectivity index (χ2v) is 9.87. The number of aliphatic carboxylic acids is 1. The molecule has 0 saturated carbocycles. The van der Waals surface area contributed by atoms with Crippen LogP contribution in [0, 0.1) is 17.5 Å². The predicted octanol–water partition coefficient (Wildman–Crippen LogP) is 5.20. The highest BCUT2D eigenvalue weighted by atomic mass is 19.2. The summed E-state index contributed by atoms with van der Waals surface area (Å²) in [5.74, 6) is -3.91. The molecule has 190 valence electrons. The number of methoxy groups -OCH3 is 1. The summed E-state index contributed by atoms with van der Waals surface area (Å²) in [5.41, 5.74) is 1.61. The number of aromatic amines is 1. The van der Waals surface area contributed by atoms with Crippen LogP contribution in [-0.4, -0.2) is 52.3 Å². The number of rotatable bonds is 6. The van der Waals surface area contributed by atoms with E-state index in [1.165, 1.54) is 12.3 Å². The molecular formula is C26H26F3N3O4. The largest absolute Gasteiger partial charge is 0.479 e. The Bertz CT molecular complexity index is 1470. The highest BCUT2D eigenvalue weighted by Gasteiger charge is 2.38. The summed E-state index contributed by atoms with van der Waals surface area (Å²) in [5, 5.41) is 16.9. The Kier molecular flexibility index (Phi) is 6.04. The molecule has 0 amide bonds. The summed E-state index contributed by atoms with van der Waals surface area (Å²) in [7, 11) is 1.56. The molecule has 7 nitrogen and oxygen atoms in total. The first-order valence-corrected chi connectivity index (χ1v) is 11.6. The van der Waals surface area contributed by atoms with Gasteiger partial charge in [0.25, 0.3) is 0 Å². The maximum Gasteiger partial charge on any atom is 0.332 e. The molecule has 1 aliphatic heterocycles. The number of hydrogen-bond acceptors (Lipinski definition) is 4. The highest BCUT2D eigenvalue weighted by molar-refractivity contribution is 6.00. The van der Waals surface area contributed by atoms with Gasteiger partial charge in [-0.15, -0.1) is 0 Å². The molecule has 0 spiro atoms. The molecule has 5 rings (SSSR count). The van der Waals surface area contributed by atoms with Crippen LogP contribution in [0.4, 0.5) is 13.2 Å². The van der Waals surface area contributed by atoms with Crippen LogP contribution in [0.5, 0.6) is 0 Å². The van der Waals surface area contributed by atoms with Gasteiger partial charge in [-0.25, -0.2) is 18.0 Å². The second-order valence-electron chi connectivity index (χ2n) is 9.87. The second kappa shape index (κ2) is 8.94. The van der Waals surface area contributed by atoms with Gasteiger partial charge in [-0.1, -0.05) is 13.8 Å². The van der Waals surface area contributed by atoms with Gasteiger partial charge in [0.05, 0.1) is 24.9 Å². The molecule has 1 saturated heterocycles. The van der Waals surface area contributed by atoms with E-state index in [2.05, 4.69) is 10.2 Å². The van der Waals surface area contributed by atoms with E-state index in [-0.39, 0.29) is 31.1 Å². The quantitative estimate of drug-likeness (QED) is 0.379. The van der Waals surface area contributed by atoms with Crippen molar-refractivity contribution in [3.63, 3.8) is 0 Å². The van der Waals surface area contributed by atoms with Crippen molar-refractivity contribution in [2.45, 2.75) is 44.1 Å². The van der Waals surface area contributed by atoms with E-state index in [9.17, 15) is 18.7 Å². The molecule has 2 aromatic heterocycles. The van der Waals surface area contributed by atoms with Crippen LogP contribution < -0.4 is 0 Å². The normalized spacial score (nSPS) is 18.8. The van der Waals surface area contributed by atoms with Crippen molar-refractivity contribution >= 4 is 27.8 Å². The first kappa shape index (κ1) is 24.3. The van der Waals surface area contributed by atoms with Crippen LogP contribution in [0.1, 0.15) is 43.9 Å². The van der Waals surface area contributed by atoms with Gasteiger partial charge in [0, 0.05) is 46.7 Å². The van der Waals surface area contributed by atoms with E-state index in [0.717, 1.165) is 12.1 Å². The SMILES string of the molecule is COCC(C)(C)c1c([C@H]2CCC(C(=O)O)OC2)c2c(F)c3[nH]ncc3cc2n1-c1ccc(F)c(F)c1. The summed E-state index contributed by atoms with van der Waals surface area (Å²) >= 11 is 0. The number of halogens is 3. The van der Waals surface area contributed by atoms with E-state index < -0.39 is 34.9 Å². The molecule has 2 aromatic carbocycles. The van der Waals surface area contributed by atoms with Gasteiger partial charge in [-0.05, 0) is 36.6 Å². The molecule has 2 N–H and O–H groups in total. The lowest BCUT2D eigenvalue weighted by atomic mass is 9.80. The number of carboxylic acid groups (broad SMARTS) is 1. The van der Waals surface area contributed by atoms with Crippen molar-refractivity contribution < 1.29 is 32.5 Å². The minimum absolute atomic E-state index is 0.0738.